The Morgan fingerprint density at radius 2 is 1.78 bits per heavy atom. The Bertz CT molecular complexity index is 1520. The quantitative estimate of drug-likeness (QED) is 0.252. The molecule has 0 radical (unpaired) electrons. The number of amides is 1. The minimum Gasteiger partial charge on any atom is -0.496 e. The molecule has 8 heteroatoms. The molecule has 8 rings (SSSR count). The van der Waals surface area contributed by atoms with Crippen LogP contribution in [0, 0.1) is 24.2 Å². The molecule has 5 fully saturated rings. The summed E-state index contributed by atoms with van der Waals surface area (Å²) in [4.78, 5) is 29.8. The molecule has 46 heavy (non-hydrogen) atoms. The summed E-state index contributed by atoms with van der Waals surface area (Å²) in [6.45, 7) is 7.33. The lowest BCUT2D eigenvalue weighted by Crippen LogP contribution is -2.55. The molecule has 246 valence electrons. The normalized spacial score (nSPS) is 28.2. The number of aryl methyl sites for hydroxylation is 2. The molecule has 1 aromatic carbocycles. The molecule has 1 saturated heterocycles. The summed E-state index contributed by atoms with van der Waals surface area (Å²) in [5.74, 6) is 2.49. The van der Waals surface area contributed by atoms with Crippen LogP contribution in [0.4, 0.5) is 5.82 Å². The molecule has 1 N–H and O–H groups in total. The maximum atomic E-state index is 14.6. The third-order valence-electron chi connectivity index (χ3n) is 12.1. The van der Waals surface area contributed by atoms with Crippen LogP contribution in [0.25, 0.3) is 10.4 Å². The van der Waals surface area contributed by atoms with E-state index in [9.17, 15) is 9.90 Å². The Balaban J connectivity index is 1.11. The minimum atomic E-state index is 0.0386. The Morgan fingerprint density at radius 1 is 1.04 bits per heavy atom. The highest BCUT2D eigenvalue weighted by Gasteiger charge is 2.51. The Kier molecular flexibility index (Phi) is 8.98. The summed E-state index contributed by atoms with van der Waals surface area (Å²) < 4.78 is 5.56. The fraction of sp³-hybridized carbons (Fsp3) is 0.605. The molecule has 4 aliphatic carbocycles. The predicted molar refractivity (Wildman–Crippen MR) is 185 cm³/mol. The number of carbonyl (C=O) groups excluding carboxylic acids is 1. The van der Waals surface area contributed by atoms with E-state index in [0.29, 0.717) is 12.0 Å². The van der Waals surface area contributed by atoms with E-state index >= 15 is 0 Å². The van der Waals surface area contributed by atoms with Crippen LogP contribution >= 0.6 is 11.3 Å². The van der Waals surface area contributed by atoms with Crippen LogP contribution in [0.1, 0.15) is 87.3 Å². The van der Waals surface area contributed by atoms with Gasteiger partial charge in [0.25, 0.3) is 0 Å². The second-order valence-electron chi connectivity index (χ2n) is 14.8. The summed E-state index contributed by atoms with van der Waals surface area (Å²) in [5.41, 5.74) is 4.13. The number of nitrogens with zero attached hydrogens (tertiary/aromatic N) is 4. The van der Waals surface area contributed by atoms with E-state index < -0.39 is 0 Å². The molecule has 2 bridgehead atoms. The van der Waals surface area contributed by atoms with Crippen molar-refractivity contribution in [2.75, 3.05) is 38.3 Å². The third-order valence-corrected chi connectivity index (χ3v) is 13.3. The average molecular weight is 643 g/mol. The number of likely N-dealkylation sites (tertiary alicyclic amines) is 1. The molecule has 4 saturated carbocycles. The zero-order chi connectivity index (χ0) is 31.9. The first-order valence-corrected chi connectivity index (χ1v) is 18.4. The van der Waals surface area contributed by atoms with E-state index in [0.717, 1.165) is 98.0 Å². The van der Waals surface area contributed by atoms with Crippen LogP contribution in [0.2, 0.25) is 0 Å². The van der Waals surface area contributed by atoms with Crippen LogP contribution in [0.15, 0.2) is 42.7 Å². The molecule has 7 nitrogen and oxygen atoms in total. The maximum Gasteiger partial charge on any atom is 0.231 e. The Hall–Kier alpha value is -2.81. The van der Waals surface area contributed by atoms with Crippen LogP contribution < -0.4 is 9.64 Å². The number of thiazole rings is 1. The fourth-order valence-electron chi connectivity index (χ4n) is 9.01. The van der Waals surface area contributed by atoms with E-state index in [2.05, 4.69) is 59.0 Å². The average Bonchev–Trinajstić information content (AvgIpc) is 3.57. The van der Waals surface area contributed by atoms with E-state index in [-0.39, 0.29) is 29.3 Å². The van der Waals surface area contributed by atoms with E-state index in [1.807, 2.05) is 12.4 Å². The van der Waals surface area contributed by atoms with Crippen LogP contribution in [-0.4, -0.2) is 65.3 Å². The molecular weight excluding hydrogens is 593 g/mol. The van der Waals surface area contributed by atoms with E-state index in [1.54, 1.807) is 18.4 Å². The van der Waals surface area contributed by atoms with Gasteiger partial charge < -0.3 is 9.84 Å². The van der Waals surface area contributed by atoms with Crippen molar-refractivity contribution in [3.8, 4) is 16.2 Å². The lowest BCUT2D eigenvalue weighted by Gasteiger charge is -2.55. The Morgan fingerprint density at radius 3 is 2.41 bits per heavy atom. The molecule has 0 unspecified atom stereocenters. The number of ether oxygens (including phenoxy) is 1. The summed E-state index contributed by atoms with van der Waals surface area (Å²) in [5, 5.41) is 10.6. The number of carbonyl (C=O) groups is 1. The number of pyridine rings is 1. The molecule has 0 spiro atoms. The van der Waals surface area contributed by atoms with Crippen molar-refractivity contribution < 1.29 is 14.6 Å². The summed E-state index contributed by atoms with van der Waals surface area (Å²) in [6.07, 6.45) is 15.7. The number of anilines is 1. The van der Waals surface area contributed by atoms with E-state index in [4.69, 9.17) is 9.72 Å². The number of hydrogen-bond acceptors (Lipinski definition) is 7. The van der Waals surface area contributed by atoms with Gasteiger partial charge >= 0.3 is 0 Å². The first-order chi connectivity index (χ1) is 22.3. The van der Waals surface area contributed by atoms with Crippen molar-refractivity contribution in [3.63, 3.8) is 0 Å². The second-order valence-corrected chi connectivity index (χ2v) is 15.9. The first-order valence-electron chi connectivity index (χ1n) is 17.6. The number of aliphatic hydroxyl groups is 1. The molecule has 1 aliphatic heterocycles. The van der Waals surface area contributed by atoms with Gasteiger partial charge in [-0.2, -0.15) is 0 Å². The van der Waals surface area contributed by atoms with Gasteiger partial charge in [-0.3, -0.25) is 14.6 Å². The standard InChI is InChI=1S/C38H50N4O3S/c1-4-35-40-21-33(46-35)29-11-18-39-34(20-29)42(36(44)28-5-8-31(9-6-28)41-22-27(23-41)24-43)25-37-12-15-38(16-13-37,17-14-37)30-7-10-32(45-3)26(2)19-30/h7,10-11,18-21,27-28,31,43H,4-6,8-9,12-17,22-25H2,1-3H3. The van der Waals surface area contributed by atoms with Gasteiger partial charge in [0.2, 0.25) is 5.91 Å². The third kappa shape index (κ3) is 6.01. The van der Waals surface area contributed by atoms with E-state index in [1.165, 1.54) is 30.4 Å². The highest BCUT2D eigenvalue weighted by molar-refractivity contribution is 7.15. The molecule has 2 aromatic heterocycles. The van der Waals surface area contributed by atoms with Gasteiger partial charge in [0, 0.05) is 56.5 Å². The molecule has 5 aliphatic rings. The predicted octanol–water partition coefficient (Wildman–Crippen LogP) is 7.19. The first kappa shape index (κ1) is 31.8. The van der Waals surface area contributed by atoms with Crippen molar-refractivity contribution in [2.45, 2.75) is 95.9 Å². The topological polar surface area (TPSA) is 78.8 Å². The molecule has 1 amide bonds. The van der Waals surface area contributed by atoms with Gasteiger partial charge in [-0.15, -0.1) is 11.3 Å². The molecule has 0 atom stereocenters. The van der Waals surface area contributed by atoms with Gasteiger partial charge in [-0.1, -0.05) is 19.1 Å². The SMILES string of the molecule is CCc1ncc(-c2ccnc(N(CC34CCC(c5ccc(OC)c(C)c5)(CC3)CC4)C(=O)C3CCC(N4CC(CO)C4)CC3)c2)s1. The van der Waals surface area contributed by atoms with Crippen molar-refractivity contribution >= 4 is 23.1 Å². The lowest BCUT2D eigenvalue weighted by atomic mass is 9.51. The van der Waals surface area contributed by atoms with Gasteiger partial charge in [-0.05, 0) is 123 Å². The largest absolute Gasteiger partial charge is 0.496 e. The maximum absolute atomic E-state index is 14.6. The number of benzene rings is 1. The number of hydrogen-bond donors (Lipinski definition) is 1. The summed E-state index contributed by atoms with van der Waals surface area (Å²) in [7, 11) is 1.75. The number of rotatable bonds is 10. The number of fused-ring (bicyclic) bond motifs is 3. The number of aromatic nitrogens is 2. The molecular formula is C38H50N4O3S. The van der Waals surface area contributed by atoms with Crippen molar-refractivity contribution in [1.29, 1.82) is 0 Å². The monoisotopic (exact) mass is 642 g/mol. The van der Waals surface area contributed by atoms with Gasteiger partial charge in [0.05, 0.1) is 17.0 Å². The van der Waals surface area contributed by atoms with Gasteiger partial charge in [0.15, 0.2) is 0 Å². The second kappa shape index (κ2) is 13.0. The van der Waals surface area contributed by atoms with Crippen LogP contribution in [-0.2, 0) is 16.6 Å². The molecule has 3 aromatic rings. The lowest BCUT2D eigenvalue weighted by molar-refractivity contribution is -0.124. The van der Waals surface area contributed by atoms with Gasteiger partial charge in [-0.25, -0.2) is 9.97 Å². The van der Waals surface area contributed by atoms with Crippen molar-refractivity contribution in [3.05, 3.63) is 58.9 Å². The fourth-order valence-corrected chi connectivity index (χ4v) is 9.86. The van der Waals surface area contributed by atoms with Gasteiger partial charge in [0.1, 0.15) is 11.6 Å². The highest BCUT2D eigenvalue weighted by Crippen LogP contribution is 2.58. The summed E-state index contributed by atoms with van der Waals surface area (Å²) in [6, 6.07) is 11.5. The van der Waals surface area contributed by atoms with Crippen LogP contribution in [0.5, 0.6) is 5.75 Å². The smallest absolute Gasteiger partial charge is 0.231 e. The zero-order valence-corrected chi connectivity index (χ0v) is 28.7. The van der Waals surface area contributed by atoms with Crippen molar-refractivity contribution in [1.82, 2.24) is 14.9 Å². The van der Waals surface area contributed by atoms with Crippen molar-refractivity contribution in [2.24, 2.45) is 17.3 Å². The minimum absolute atomic E-state index is 0.0386. The zero-order valence-electron chi connectivity index (χ0n) is 27.8. The Labute approximate surface area is 278 Å². The molecule has 3 heterocycles. The highest BCUT2D eigenvalue weighted by atomic mass is 32.1. The van der Waals surface area contributed by atoms with Crippen LogP contribution in [0.3, 0.4) is 0 Å². The number of aliphatic hydroxyl groups excluding tert-OH is 1. The number of methoxy groups -OCH3 is 1. The summed E-state index contributed by atoms with van der Waals surface area (Å²) >= 11 is 1.73.